The fourth-order valence-corrected chi connectivity index (χ4v) is 5.11. The number of hydrogen-bond donors (Lipinski definition) is 1. The molecule has 172 valence electrons. The van der Waals surface area contributed by atoms with Gasteiger partial charge in [-0.2, -0.15) is 0 Å². The minimum Gasteiger partial charge on any atom is -0.459 e. The van der Waals surface area contributed by atoms with Gasteiger partial charge in [0.25, 0.3) is 5.91 Å². The Morgan fingerprint density at radius 1 is 0.879 bits per heavy atom. The molecule has 3 aromatic rings. The Balaban J connectivity index is 1.33. The topological polar surface area (TPSA) is 99.9 Å². The molecule has 1 saturated heterocycles. The van der Waals surface area contributed by atoms with Crippen LogP contribution in [0, 0.1) is 0 Å². The van der Waals surface area contributed by atoms with Gasteiger partial charge in [-0.3, -0.25) is 14.5 Å². The normalized spacial score (nSPS) is 14.7. The van der Waals surface area contributed by atoms with E-state index in [0.29, 0.717) is 31.7 Å². The molecule has 2 heterocycles. The summed E-state index contributed by atoms with van der Waals surface area (Å²) in [6, 6.07) is 18.9. The Morgan fingerprint density at radius 3 is 2.18 bits per heavy atom. The van der Waals surface area contributed by atoms with E-state index in [1.54, 1.807) is 23.1 Å². The number of carbonyl (C=O) groups is 2. The second-order valence-electron chi connectivity index (χ2n) is 7.83. The van der Waals surface area contributed by atoms with Crippen molar-refractivity contribution in [2.45, 2.75) is 10.6 Å². The molecule has 1 aromatic heterocycles. The first kappa shape index (κ1) is 22.8. The van der Waals surface area contributed by atoms with Crippen molar-refractivity contribution in [1.29, 1.82) is 0 Å². The summed E-state index contributed by atoms with van der Waals surface area (Å²) in [4.78, 5) is 29.1. The van der Waals surface area contributed by atoms with E-state index in [1.165, 1.54) is 24.5 Å². The summed E-state index contributed by atoms with van der Waals surface area (Å²) in [5.41, 5.74) is 1.08. The molecule has 1 fully saturated rings. The highest BCUT2D eigenvalue weighted by Gasteiger charge is 2.28. The van der Waals surface area contributed by atoms with E-state index < -0.39 is 9.84 Å². The van der Waals surface area contributed by atoms with Gasteiger partial charge >= 0.3 is 0 Å². The van der Waals surface area contributed by atoms with Gasteiger partial charge in [-0.15, -0.1) is 0 Å². The van der Waals surface area contributed by atoms with Crippen molar-refractivity contribution in [2.24, 2.45) is 0 Å². The zero-order valence-corrected chi connectivity index (χ0v) is 18.8. The average molecular weight is 468 g/mol. The molecule has 2 amide bonds. The Labute approximate surface area is 192 Å². The van der Waals surface area contributed by atoms with Crippen LogP contribution in [-0.2, 0) is 20.4 Å². The largest absolute Gasteiger partial charge is 0.459 e. The third-order valence-electron chi connectivity index (χ3n) is 5.47. The van der Waals surface area contributed by atoms with Crippen LogP contribution in [0.3, 0.4) is 0 Å². The SMILES string of the molecule is O=C(CN1CCN(C(=O)c2occc2CS(=O)(=O)c2ccccc2)CC1)Nc1ccccc1. The van der Waals surface area contributed by atoms with Gasteiger partial charge in [0, 0.05) is 37.4 Å². The molecule has 1 N–H and O–H groups in total. The van der Waals surface area contributed by atoms with Gasteiger partial charge in [0.15, 0.2) is 15.6 Å². The third kappa shape index (κ3) is 5.68. The molecule has 0 unspecified atom stereocenters. The van der Waals surface area contributed by atoms with Crippen molar-refractivity contribution in [3.8, 4) is 0 Å². The molecule has 1 aliphatic rings. The fourth-order valence-electron chi connectivity index (χ4n) is 3.73. The standard InChI is InChI=1S/C24H25N3O5S/c28-22(25-20-7-3-1-4-8-20)17-26-12-14-27(15-13-26)24(29)23-19(11-16-32-23)18-33(30,31)21-9-5-2-6-10-21/h1-11,16H,12-15,17-18H2,(H,25,28). The summed E-state index contributed by atoms with van der Waals surface area (Å²) >= 11 is 0. The van der Waals surface area contributed by atoms with Gasteiger partial charge in [-0.1, -0.05) is 36.4 Å². The van der Waals surface area contributed by atoms with Crippen LogP contribution in [0.2, 0.25) is 0 Å². The minimum atomic E-state index is -3.60. The van der Waals surface area contributed by atoms with Crippen LogP contribution in [0.25, 0.3) is 0 Å². The molecule has 4 rings (SSSR count). The quantitative estimate of drug-likeness (QED) is 0.574. The minimum absolute atomic E-state index is 0.0461. The van der Waals surface area contributed by atoms with E-state index in [0.717, 1.165) is 5.69 Å². The van der Waals surface area contributed by atoms with Gasteiger partial charge in [-0.25, -0.2) is 8.42 Å². The van der Waals surface area contributed by atoms with E-state index in [1.807, 2.05) is 35.2 Å². The molecule has 0 atom stereocenters. The number of nitrogens with zero attached hydrogens (tertiary/aromatic N) is 2. The molecular formula is C24H25N3O5S. The number of para-hydroxylation sites is 1. The third-order valence-corrected chi connectivity index (χ3v) is 7.15. The van der Waals surface area contributed by atoms with Gasteiger partial charge < -0.3 is 14.6 Å². The number of sulfone groups is 1. The fraction of sp³-hybridized carbons (Fsp3) is 0.250. The van der Waals surface area contributed by atoms with E-state index in [-0.39, 0.29) is 34.8 Å². The molecule has 0 aliphatic carbocycles. The average Bonchev–Trinajstić information content (AvgIpc) is 3.27. The molecule has 0 saturated carbocycles. The maximum atomic E-state index is 13.0. The number of nitrogens with one attached hydrogen (secondary N) is 1. The molecule has 8 nitrogen and oxygen atoms in total. The van der Waals surface area contributed by atoms with Crippen molar-refractivity contribution < 1.29 is 22.4 Å². The van der Waals surface area contributed by atoms with Crippen LogP contribution in [0.4, 0.5) is 5.69 Å². The van der Waals surface area contributed by atoms with Crippen LogP contribution >= 0.6 is 0 Å². The van der Waals surface area contributed by atoms with Crippen molar-refractivity contribution >= 4 is 27.3 Å². The lowest BCUT2D eigenvalue weighted by molar-refractivity contribution is -0.117. The molecule has 0 radical (unpaired) electrons. The maximum absolute atomic E-state index is 13.0. The van der Waals surface area contributed by atoms with Crippen molar-refractivity contribution in [3.63, 3.8) is 0 Å². The number of carbonyl (C=O) groups excluding carboxylic acids is 2. The smallest absolute Gasteiger partial charge is 0.289 e. The maximum Gasteiger partial charge on any atom is 0.289 e. The summed E-state index contributed by atoms with van der Waals surface area (Å²) in [7, 11) is -3.60. The van der Waals surface area contributed by atoms with Crippen LogP contribution in [0.15, 0.2) is 82.3 Å². The van der Waals surface area contributed by atoms with Crippen molar-refractivity contribution in [3.05, 3.63) is 84.3 Å². The number of benzene rings is 2. The van der Waals surface area contributed by atoms with Crippen molar-refractivity contribution in [1.82, 2.24) is 9.80 Å². The highest BCUT2D eigenvalue weighted by atomic mass is 32.2. The lowest BCUT2D eigenvalue weighted by atomic mass is 10.2. The van der Waals surface area contributed by atoms with E-state index in [2.05, 4.69) is 5.32 Å². The van der Waals surface area contributed by atoms with Crippen LogP contribution in [0.1, 0.15) is 16.1 Å². The molecule has 0 spiro atoms. The van der Waals surface area contributed by atoms with Crippen LogP contribution < -0.4 is 5.32 Å². The molecule has 2 aromatic carbocycles. The molecule has 0 bridgehead atoms. The van der Waals surface area contributed by atoms with Crippen LogP contribution in [-0.4, -0.2) is 62.8 Å². The van der Waals surface area contributed by atoms with E-state index >= 15 is 0 Å². The lowest BCUT2D eigenvalue weighted by Crippen LogP contribution is -2.50. The number of hydrogen-bond acceptors (Lipinski definition) is 6. The Kier molecular flexibility index (Phi) is 6.90. The predicted octanol–water partition coefficient (Wildman–Crippen LogP) is 2.65. The zero-order valence-electron chi connectivity index (χ0n) is 18.0. The number of anilines is 1. The molecule has 9 heteroatoms. The molecule has 1 aliphatic heterocycles. The number of rotatable bonds is 7. The monoisotopic (exact) mass is 467 g/mol. The summed E-state index contributed by atoms with van der Waals surface area (Å²) in [5, 5.41) is 2.86. The zero-order chi connectivity index (χ0) is 23.3. The van der Waals surface area contributed by atoms with Gasteiger partial charge in [-0.05, 0) is 30.3 Å². The second-order valence-corrected chi connectivity index (χ2v) is 9.82. The van der Waals surface area contributed by atoms with E-state index in [4.69, 9.17) is 4.42 Å². The number of furan rings is 1. The van der Waals surface area contributed by atoms with Crippen LogP contribution in [0.5, 0.6) is 0 Å². The van der Waals surface area contributed by atoms with Crippen molar-refractivity contribution in [2.75, 3.05) is 38.0 Å². The summed E-state index contributed by atoms with van der Waals surface area (Å²) < 4.78 is 30.8. The summed E-state index contributed by atoms with van der Waals surface area (Å²) in [6.45, 7) is 2.14. The van der Waals surface area contributed by atoms with Gasteiger partial charge in [0.05, 0.1) is 23.5 Å². The Hall–Kier alpha value is -3.43. The van der Waals surface area contributed by atoms with Gasteiger partial charge in [0.2, 0.25) is 5.91 Å². The first-order valence-electron chi connectivity index (χ1n) is 10.6. The summed E-state index contributed by atoms with van der Waals surface area (Å²) in [6.07, 6.45) is 1.34. The Bertz CT molecular complexity index is 1200. The first-order valence-corrected chi connectivity index (χ1v) is 12.3. The highest BCUT2D eigenvalue weighted by Crippen LogP contribution is 2.21. The van der Waals surface area contributed by atoms with Gasteiger partial charge in [0.1, 0.15) is 0 Å². The lowest BCUT2D eigenvalue weighted by Gasteiger charge is -2.34. The first-order chi connectivity index (χ1) is 15.9. The molecular weight excluding hydrogens is 442 g/mol. The summed E-state index contributed by atoms with van der Waals surface area (Å²) in [5.74, 6) is -0.717. The molecule has 33 heavy (non-hydrogen) atoms. The Morgan fingerprint density at radius 2 is 1.52 bits per heavy atom. The second kappa shape index (κ2) is 10.0. The highest BCUT2D eigenvalue weighted by molar-refractivity contribution is 7.90. The predicted molar refractivity (Wildman–Crippen MR) is 123 cm³/mol. The van der Waals surface area contributed by atoms with E-state index in [9.17, 15) is 18.0 Å². The number of amides is 2. The number of piperazine rings is 1.